The van der Waals surface area contributed by atoms with Crippen LogP contribution in [0.15, 0.2) is 42.5 Å². The number of amides is 2. The highest BCUT2D eigenvalue weighted by Crippen LogP contribution is 2.28. The van der Waals surface area contributed by atoms with E-state index in [1.165, 1.54) is 12.1 Å². The lowest BCUT2D eigenvalue weighted by Gasteiger charge is -2.35. The summed E-state index contributed by atoms with van der Waals surface area (Å²) in [6.07, 6.45) is 0. The van der Waals surface area contributed by atoms with Gasteiger partial charge in [0.1, 0.15) is 5.82 Å². The number of carbonyl (C=O) groups excluding carboxylic acids is 2. The zero-order chi connectivity index (χ0) is 24.3. The van der Waals surface area contributed by atoms with Gasteiger partial charge in [0, 0.05) is 25.2 Å². The fourth-order valence-electron chi connectivity index (χ4n) is 3.79. The third kappa shape index (κ3) is 7.16. The number of morpholine rings is 1. The van der Waals surface area contributed by atoms with Crippen LogP contribution < -0.4 is 20.1 Å². The third-order valence-electron chi connectivity index (χ3n) is 5.43. The minimum atomic E-state index is -0.394. The first-order valence-corrected chi connectivity index (χ1v) is 11.5. The lowest BCUT2D eigenvalue weighted by atomic mass is 10.0. The zero-order valence-corrected chi connectivity index (χ0v) is 19.6. The molecule has 0 aromatic heterocycles. The molecule has 2 N–H and O–H groups in total. The van der Waals surface area contributed by atoms with E-state index in [1.807, 2.05) is 19.9 Å². The van der Waals surface area contributed by atoms with Gasteiger partial charge < -0.3 is 24.8 Å². The minimum absolute atomic E-state index is 0.186. The maximum atomic E-state index is 13.8. The van der Waals surface area contributed by atoms with E-state index >= 15 is 0 Å². The van der Waals surface area contributed by atoms with Gasteiger partial charge in [-0.25, -0.2) is 4.39 Å². The summed E-state index contributed by atoms with van der Waals surface area (Å²) in [5.74, 6) is -0.0147. The molecule has 0 aliphatic carbocycles. The Morgan fingerprint density at radius 3 is 2.47 bits per heavy atom. The Labute approximate surface area is 199 Å². The van der Waals surface area contributed by atoms with Crippen LogP contribution >= 0.6 is 0 Å². The summed E-state index contributed by atoms with van der Waals surface area (Å²) in [7, 11) is 0. The van der Waals surface area contributed by atoms with E-state index in [9.17, 15) is 14.0 Å². The zero-order valence-electron chi connectivity index (χ0n) is 19.6. The van der Waals surface area contributed by atoms with Gasteiger partial charge >= 0.3 is 0 Å². The second-order valence-electron chi connectivity index (χ2n) is 7.73. The predicted octanol–water partition coefficient (Wildman–Crippen LogP) is 2.54. The van der Waals surface area contributed by atoms with Gasteiger partial charge in [-0.05, 0) is 49.7 Å². The van der Waals surface area contributed by atoms with Crippen LogP contribution in [0.25, 0.3) is 0 Å². The molecule has 0 bridgehead atoms. The fourth-order valence-corrected chi connectivity index (χ4v) is 3.79. The molecule has 34 heavy (non-hydrogen) atoms. The highest BCUT2D eigenvalue weighted by atomic mass is 19.1. The number of nitrogens with zero attached hydrogens (tertiary/aromatic N) is 1. The van der Waals surface area contributed by atoms with Crippen molar-refractivity contribution < 1.29 is 28.2 Å². The number of hydrogen-bond donors (Lipinski definition) is 2. The monoisotopic (exact) mass is 473 g/mol. The van der Waals surface area contributed by atoms with Gasteiger partial charge in [0.2, 0.25) is 5.91 Å². The molecule has 1 unspecified atom stereocenters. The van der Waals surface area contributed by atoms with Gasteiger partial charge in [0.25, 0.3) is 5.91 Å². The van der Waals surface area contributed by atoms with Gasteiger partial charge in [-0.3, -0.25) is 14.5 Å². The van der Waals surface area contributed by atoms with E-state index in [2.05, 4.69) is 15.5 Å². The first-order valence-electron chi connectivity index (χ1n) is 11.5. The van der Waals surface area contributed by atoms with Crippen molar-refractivity contribution in [2.45, 2.75) is 19.9 Å². The van der Waals surface area contributed by atoms with Gasteiger partial charge in [0.05, 0.1) is 39.0 Å². The van der Waals surface area contributed by atoms with Crippen molar-refractivity contribution in [1.29, 1.82) is 0 Å². The van der Waals surface area contributed by atoms with Crippen LogP contribution in [-0.4, -0.2) is 69.3 Å². The van der Waals surface area contributed by atoms with E-state index in [4.69, 9.17) is 14.2 Å². The second kappa shape index (κ2) is 12.9. The summed E-state index contributed by atoms with van der Waals surface area (Å²) in [6, 6.07) is 11.1. The largest absolute Gasteiger partial charge is 0.490 e. The Hall–Kier alpha value is -3.17. The first kappa shape index (κ1) is 25.5. The number of rotatable bonds is 11. The molecule has 0 spiro atoms. The first-order chi connectivity index (χ1) is 16.5. The highest BCUT2D eigenvalue weighted by molar-refractivity contribution is 5.97. The molecule has 0 radical (unpaired) electrons. The fraction of sp³-hybridized carbons (Fsp3) is 0.440. The summed E-state index contributed by atoms with van der Waals surface area (Å²) in [5.41, 5.74) is 1.15. The molecule has 0 saturated carbocycles. The summed E-state index contributed by atoms with van der Waals surface area (Å²) in [5, 5.41) is 5.49. The second-order valence-corrected chi connectivity index (χ2v) is 7.73. The highest BCUT2D eigenvalue weighted by Gasteiger charge is 2.23. The van der Waals surface area contributed by atoms with Crippen LogP contribution in [0.4, 0.5) is 4.39 Å². The summed E-state index contributed by atoms with van der Waals surface area (Å²) in [6.45, 7) is 7.28. The van der Waals surface area contributed by atoms with Crippen molar-refractivity contribution in [3.63, 3.8) is 0 Å². The topological polar surface area (TPSA) is 89.1 Å². The average Bonchev–Trinajstić information content (AvgIpc) is 2.85. The van der Waals surface area contributed by atoms with Gasteiger partial charge in [-0.1, -0.05) is 12.1 Å². The molecule has 3 rings (SSSR count). The Bertz CT molecular complexity index is 965. The van der Waals surface area contributed by atoms with Crippen molar-refractivity contribution in [3.05, 3.63) is 59.4 Å². The van der Waals surface area contributed by atoms with Crippen LogP contribution in [0.5, 0.6) is 11.5 Å². The molecular weight excluding hydrogens is 441 g/mol. The smallest absolute Gasteiger partial charge is 0.251 e. The number of ether oxygens (including phenoxy) is 3. The van der Waals surface area contributed by atoms with Crippen LogP contribution in [0.2, 0.25) is 0 Å². The van der Waals surface area contributed by atoms with Gasteiger partial charge in [-0.15, -0.1) is 0 Å². The molecule has 2 aromatic rings. The summed E-state index contributed by atoms with van der Waals surface area (Å²) >= 11 is 0. The average molecular weight is 474 g/mol. The minimum Gasteiger partial charge on any atom is -0.490 e. The van der Waals surface area contributed by atoms with E-state index < -0.39 is 5.91 Å². The molecule has 1 atom stereocenters. The molecule has 2 amide bonds. The van der Waals surface area contributed by atoms with Crippen molar-refractivity contribution in [1.82, 2.24) is 15.5 Å². The molecule has 1 aliphatic heterocycles. The Morgan fingerprint density at radius 1 is 1.03 bits per heavy atom. The van der Waals surface area contributed by atoms with E-state index in [0.717, 1.165) is 5.56 Å². The molecular formula is C25H32FN3O5. The standard InChI is InChI=1S/C25H32FN3O5/c1-3-33-22-9-8-19(15-23(22)34-4-2)25(31)28-17-24(30)27-16-21(29-10-12-32-13-11-29)18-6-5-7-20(26)14-18/h5-9,14-15,21H,3-4,10-13,16-17H2,1-2H3,(H,27,30)(H,28,31). The quantitative estimate of drug-likeness (QED) is 0.522. The number of nitrogens with one attached hydrogen (secondary N) is 2. The predicted molar refractivity (Wildman–Crippen MR) is 126 cm³/mol. The van der Waals surface area contributed by atoms with Crippen LogP contribution in [0.3, 0.4) is 0 Å². The lowest BCUT2D eigenvalue weighted by Crippen LogP contribution is -2.45. The summed E-state index contributed by atoms with van der Waals surface area (Å²) in [4.78, 5) is 27.2. The Balaban J connectivity index is 1.57. The van der Waals surface area contributed by atoms with E-state index in [0.29, 0.717) is 56.6 Å². The SMILES string of the molecule is CCOc1ccc(C(=O)NCC(=O)NCC(c2cccc(F)c2)N2CCOCC2)cc1OCC. The molecule has 184 valence electrons. The van der Waals surface area contributed by atoms with Crippen molar-refractivity contribution >= 4 is 11.8 Å². The maximum absolute atomic E-state index is 13.8. The van der Waals surface area contributed by atoms with Gasteiger partial charge in [-0.2, -0.15) is 0 Å². The van der Waals surface area contributed by atoms with Crippen LogP contribution in [-0.2, 0) is 9.53 Å². The Kier molecular flexibility index (Phi) is 9.66. The van der Waals surface area contributed by atoms with Crippen LogP contribution in [0.1, 0.15) is 35.8 Å². The third-order valence-corrected chi connectivity index (χ3v) is 5.43. The molecule has 8 nitrogen and oxygen atoms in total. The van der Waals surface area contributed by atoms with Crippen LogP contribution in [0, 0.1) is 5.82 Å². The molecule has 1 saturated heterocycles. The Morgan fingerprint density at radius 2 is 1.76 bits per heavy atom. The lowest BCUT2D eigenvalue weighted by molar-refractivity contribution is -0.120. The number of halogens is 1. The number of carbonyl (C=O) groups is 2. The van der Waals surface area contributed by atoms with Crippen molar-refractivity contribution in [3.8, 4) is 11.5 Å². The van der Waals surface area contributed by atoms with Crippen molar-refractivity contribution in [2.24, 2.45) is 0 Å². The normalized spacial score (nSPS) is 14.8. The molecule has 1 fully saturated rings. The van der Waals surface area contributed by atoms with E-state index in [1.54, 1.807) is 24.3 Å². The molecule has 9 heteroatoms. The van der Waals surface area contributed by atoms with E-state index in [-0.39, 0.29) is 30.9 Å². The number of benzene rings is 2. The number of hydrogen-bond acceptors (Lipinski definition) is 6. The van der Waals surface area contributed by atoms with Gasteiger partial charge in [0.15, 0.2) is 11.5 Å². The molecule has 1 heterocycles. The van der Waals surface area contributed by atoms with Crippen molar-refractivity contribution in [2.75, 3.05) is 52.6 Å². The maximum Gasteiger partial charge on any atom is 0.251 e. The molecule has 2 aromatic carbocycles. The summed E-state index contributed by atoms with van der Waals surface area (Å²) < 4.78 is 30.3. The molecule has 1 aliphatic rings.